The Bertz CT molecular complexity index is 4080. The van der Waals surface area contributed by atoms with Crippen molar-refractivity contribution in [3.63, 3.8) is 0 Å². The number of imide groups is 1. The number of halogens is 1. The molecule has 2 aromatic heterocycles. The van der Waals surface area contributed by atoms with E-state index in [2.05, 4.69) is 64.0 Å². The molecule has 4 saturated heterocycles. The number of likely N-dealkylation sites (tertiary alicyclic amines) is 1. The van der Waals surface area contributed by atoms with Gasteiger partial charge in [-0.25, -0.2) is 18.1 Å². The van der Waals surface area contributed by atoms with Crippen LogP contribution in [0.4, 0.5) is 17.1 Å². The maximum atomic E-state index is 14.2. The molecule has 92 heavy (non-hydrogen) atoms. The quantitative estimate of drug-likeness (QED) is 0.0144. The molecule has 0 radical (unpaired) electrons. The Kier molecular flexibility index (Phi) is 19.8. The average Bonchev–Trinajstić information content (AvgIpc) is 1.62. The number of benzene rings is 5. The molecule has 7 aromatic rings. The number of piperazine rings is 1. The zero-order valence-corrected chi connectivity index (χ0v) is 52.6. The van der Waals surface area contributed by atoms with Gasteiger partial charge in [-0.2, -0.15) is 0 Å². The Morgan fingerprint density at radius 1 is 0.837 bits per heavy atom. The second kappa shape index (κ2) is 28.8. The van der Waals surface area contributed by atoms with Gasteiger partial charge in [0, 0.05) is 142 Å². The van der Waals surface area contributed by atoms with Gasteiger partial charge in [0.1, 0.15) is 34.6 Å². The minimum Gasteiger partial charge on any atom is -0.493 e. The third-order valence-corrected chi connectivity index (χ3v) is 19.5. The van der Waals surface area contributed by atoms with Gasteiger partial charge in [-0.3, -0.25) is 39.5 Å². The molecular weight excluding hydrogens is 1210 g/mol. The number of fused-ring (bicyclic) bond motifs is 2. The highest BCUT2D eigenvalue weighted by Gasteiger charge is 2.40. The summed E-state index contributed by atoms with van der Waals surface area (Å²) in [5, 5.41) is 19.1. The topological polar surface area (TPSA) is 251 Å². The first-order chi connectivity index (χ1) is 44.7. The number of amides is 4. The smallest absolute Gasteiger partial charge is 0.293 e. The summed E-state index contributed by atoms with van der Waals surface area (Å²) in [5.41, 5.74) is 6.50. The van der Waals surface area contributed by atoms with Crippen molar-refractivity contribution in [2.24, 2.45) is 11.8 Å². The van der Waals surface area contributed by atoms with Crippen LogP contribution in [0.25, 0.3) is 22.2 Å². The van der Waals surface area contributed by atoms with E-state index >= 15 is 0 Å². The molecule has 7 heterocycles. The van der Waals surface area contributed by atoms with Crippen LogP contribution < -0.4 is 29.7 Å². The third-order valence-electron chi connectivity index (χ3n) is 17.9. The number of nitro groups is 1. The van der Waals surface area contributed by atoms with E-state index < -0.39 is 43.4 Å². The van der Waals surface area contributed by atoms with E-state index in [-0.39, 0.29) is 41.2 Å². The van der Waals surface area contributed by atoms with E-state index in [0.29, 0.717) is 100.0 Å². The summed E-state index contributed by atoms with van der Waals surface area (Å²) in [6.07, 6.45) is 11.7. The number of anilines is 2. The first-order valence-electron chi connectivity index (χ1n) is 31.6. The number of aromatic amines is 1. The van der Waals surface area contributed by atoms with E-state index in [1.807, 2.05) is 48.5 Å². The summed E-state index contributed by atoms with van der Waals surface area (Å²) in [4.78, 5) is 78.9. The molecular formula is C69H73ClN10O11S. The van der Waals surface area contributed by atoms with Gasteiger partial charge in [-0.1, -0.05) is 73.0 Å². The number of ether oxygens (including phenoxy) is 3. The number of nitro benzene ring substituents is 1. The van der Waals surface area contributed by atoms with Crippen molar-refractivity contribution in [2.75, 3.05) is 82.4 Å². The molecule has 23 heteroatoms. The van der Waals surface area contributed by atoms with Gasteiger partial charge >= 0.3 is 0 Å². The number of unbranched alkanes of at least 4 members (excludes halogenated alkanes) is 5. The Labute approximate surface area is 539 Å². The minimum absolute atomic E-state index is 0.0722. The van der Waals surface area contributed by atoms with Gasteiger partial charge in [0.25, 0.3) is 27.5 Å². The number of hydrogen-bond acceptors (Lipinski definition) is 16. The summed E-state index contributed by atoms with van der Waals surface area (Å²) in [6, 6.07) is 31.1. The summed E-state index contributed by atoms with van der Waals surface area (Å²) >= 11 is 6.38. The molecule has 0 spiro atoms. The standard InChI is InChI=1S/C69H73ClN10O11S/c70-51-17-15-49(16-18-51)55-12-9-14-63(90-45-47-41-77(42-47)29-7-5-3-1-2-4-6-10-48-11-8-13-56-58(48)44-79(69(56)84)61-23-24-65(81)74-68(61)83)59(55)43-76-30-32-78(33-31-76)52-19-21-57(64(37-52)91-53-36-50-25-28-71-66(50)73-40-53)67(82)75-92(87,88)54-20-22-60(62(38-54)80(85)86)72-39-46-26-34-89-35-27-46/h8-9,11-22,25,28,36-38,40,46-47,61,72H,1-5,7,23-24,26-27,29-35,39,41-45H2,(H,71,73)(H,75,82)(H,74,81,83). The van der Waals surface area contributed by atoms with Crippen molar-refractivity contribution in [3.8, 4) is 40.2 Å². The predicted molar refractivity (Wildman–Crippen MR) is 349 cm³/mol. The molecule has 0 bridgehead atoms. The average molecular weight is 1290 g/mol. The number of nitrogens with one attached hydrogen (secondary N) is 4. The SMILES string of the molecule is O=C1CCC(N2Cc3c(C#CCCCCCCCN4CC(COc5cccc(-c6ccc(Cl)cc6)c5CN5CCN(c6ccc(C(=O)NS(=O)(=O)c7ccc(NCC8CCOCC8)c([N+](=O)[O-])c7)c(Oc7cnc8[nH]ccc8c7)c6)CC5)C4)cccc3C2=O)C(=O)N1. The minimum atomic E-state index is -4.61. The fraction of sp³-hybridized carbons (Fsp3) is 0.377. The van der Waals surface area contributed by atoms with Gasteiger partial charge in [0.2, 0.25) is 11.8 Å². The van der Waals surface area contributed by atoms with Crippen LogP contribution >= 0.6 is 11.6 Å². The number of pyridine rings is 1. The number of rotatable bonds is 24. The normalized spacial score (nSPS) is 17.4. The number of piperidine rings is 1. The molecule has 1 unspecified atom stereocenters. The van der Waals surface area contributed by atoms with Gasteiger partial charge in [-0.15, -0.1) is 0 Å². The zero-order valence-electron chi connectivity index (χ0n) is 51.0. The van der Waals surface area contributed by atoms with Gasteiger partial charge in [0.15, 0.2) is 0 Å². The van der Waals surface area contributed by atoms with Crippen molar-refractivity contribution in [3.05, 3.63) is 165 Å². The van der Waals surface area contributed by atoms with Crippen LogP contribution in [0.3, 0.4) is 0 Å². The Balaban J connectivity index is 0.636. The second-order valence-electron chi connectivity index (χ2n) is 24.2. The van der Waals surface area contributed by atoms with Crippen molar-refractivity contribution < 1.29 is 46.7 Å². The second-order valence-corrected chi connectivity index (χ2v) is 26.3. The fourth-order valence-corrected chi connectivity index (χ4v) is 13.9. The number of nitrogens with zero attached hydrogens (tertiary/aromatic N) is 6. The third kappa shape index (κ3) is 15.0. The van der Waals surface area contributed by atoms with E-state index in [4.69, 9.17) is 25.8 Å². The van der Waals surface area contributed by atoms with Crippen LogP contribution in [0.15, 0.2) is 126 Å². The molecule has 4 N–H and O–H groups in total. The van der Waals surface area contributed by atoms with Crippen LogP contribution in [0, 0.1) is 33.8 Å². The molecule has 5 aliphatic heterocycles. The maximum Gasteiger partial charge on any atom is 0.293 e. The lowest BCUT2D eigenvalue weighted by Gasteiger charge is -2.39. The lowest BCUT2D eigenvalue weighted by molar-refractivity contribution is -0.384. The lowest BCUT2D eigenvalue weighted by Crippen LogP contribution is -2.52. The molecule has 0 aliphatic carbocycles. The van der Waals surface area contributed by atoms with Crippen molar-refractivity contribution in [1.82, 2.24) is 34.7 Å². The van der Waals surface area contributed by atoms with E-state index in [9.17, 15) is 37.7 Å². The lowest BCUT2D eigenvalue weighted by atomic mass is 9.97. The van der Waals surface area contributed by atoms with E-state index in [1.165, 1.54) is 24.4 Å². The Hall–Kier alpha value is -8.85. The molecule has 1 atom stereocenters. The summed E-state index contributed by atoms with van der Waals surface area (Å²) in [7, 11) is -4.61. The van der Waals surface area contributed by atoms with Gasteiger partial charge in [0.05, 0.1) is 28.2 Å². The maximum absolute atomic E-state index is 14.2. The Morgan fingerprint density at radius 2 is 1.62 bits per heavy atom. The highest BCUT2D eigenvalue weighted by atomic mass is 35.5. The number of carbonyl (C=O) groups excluding carboxylic acids is 4. The van der Waals surface area contributed by atoms with Crippen molar-refractivity contribution in [1.29, 1.82) is 0 Å². The molecule has 21 nitrogen and oxygen atoms in total. The highest BCUT2D eigenvalue weighted by molar-refractivity contribution is 7.90. The number of hydrogen-bond donors (Lipinski definition) is 4. The predicted octanol–water partition coefficient (Wildman–Crippen LogP) is 10.3. The van der Waals surface area contributed by atoms with Gasteiger partial charge in [-0.05, 0) is 128 Å². The number of sulfonamides is 1. The zero-order chi connectivity index (χ0) is 63.7. The molecule has 4 amide bonds. The Morgan fingerprint density at radius 3 is 2.42 bits per heavy atom. The summed E-state index contributed by atoms with van der Waals surface area (Å²) < 4.78 is 48.4. The number of carbonyl (C=O) groups is 4. The largest absolute Gasteiger partial charge is 0.493 e. The number of aromatic nitrogens is 2. The summed E-state index contributed by atoms with van der Waals surface area (Å²) in [5.74, 6) is 6.62. The summed E-state index contributed by atoms with van der Waals surface area (Å²) in [6.45, 7) is 8.88. The van der Waals surface area contributed by atoms with Crippen LogP contribution in [-0.4, -0.2) is 140 Å². The number of H-pyrrole nitrogens is 1. The fourth-order valence-electron chi connectivity index (χ4n) is 12.8. The first-order valence-corrected chi connectivity index (χ1v) is 33.4. The van der Waals surface area contributed by atoms with Crippen molar-refractivity contribution in [2.45, 2.75) is 88.2 Å². The van der Waals surface area contributed by atoms with Crippen LogP contribution in [0.5, 0.6) is 17.2 Å². The van der Waals surface area contributed by atoms with Crippen LogP contribution in [-0.2, 0) is 37.4 Å². The monoisotopic (exact) mass is 1280 g/mol. The molecule has 12 rings (SSSR count). The van der Waals surface area contributed by atoms with Crippen LogP contribution in [0.1, 0.15) is 102 Å². The van der Waals surface area contributed by atoms with E-state index in [1.54, 1.807) is 35.4 Å². The van der Waals surface area contributed by atoms with Gasteiger partial charge < -0.3 is 39.2 Å². The molecule has 5 aliphatic rings. The molecule has 5 aromatic carbocycles. The van der Waals surface area contributed by atoms with Crippen LogP contribution in [0.2, 0.25) is 5.02 Å². The van der Waals surface area contributed by atoms with Crippen molar-refractivity contribution >= 4 is 73.3 Å². The molecule has 478 valence electrons. The van der Waals surface area contributed by atoms with E-state index in [0.717, 1.165) is 122 Å². The first kappa shape index (κ1) is 63.3. The molecule has 4 fully saturated rings. The molecule has 0 saturated carbocycles. The highest BCUT2D eigenvalue weighted by Crippen LogP contribution is 2.37.